The van der Waals surface area contributed by atoms with Gasteiger partial charge in [0.2, 0.25) is 11.9 Å². The van der Waals surface area contributed by atoms with Crippen LogP contribution in [0.1, 0.15) is 34.0 Å². The number of piperazine rings is 1. The lowest BCUT2D eigenvalue weighted by atomic mass is 10.1. The molecule has 0 radical (unpaired) electrons. The Labute approximate surface area is 332 Å². The van der Waals surface area contributed by atoms with Gasteiger partial charge in [-0.15, -0.1) is 0 Å². The van der Waals surface area contributed by atoms with E-state index in [4.69, 9.17) is 34.1 Å². The number of amides is 1. The first-order chi connectivity index (χ1) is 27.9. The van der Waals surface area contributed by atoms with Crippen molar-refractivity contribution in [3.63, 3.8) is 0 Å². The van der Waals surface area contributed by atoms with Gasteiger partial charge < -0.3 is 38.7 Å². The van der Waals surface area contributed by atoms with Gasteiger partial charge in [-0.1, -0.05) is 31.2 Å². The highest BCUT2D eigenvalue weighted by atomic mass is 19.1. The molecular weight excluding hydrogens is 726 g/mol. The number of halogens is 1. The molecule has 0 N–H and O–H groups in total. The number of hydrogen-bond donors (Lipinski definition) is 0. The molecule has 0 unspecified atom stereocenters. The zero-order valence-electron chi connectivity index (χ0n) is 32.7. The maximum atomic E-state index is 16.1. The summed E-state index contributed by atoms with van der Waals surface area (Å²) in [7, 11) is 3.31. The SMILES string of the molecule is CCN1CCN(C(=O)c2ccc(N3CCc4c(-c5cnc(N(Cc6ccc(OC)cc6)Cc6ccc(OC)cc6)nc5)nc(N5CCOCC5)nc43)c(F)c2)CC1. The average molecular weight is 774 g/mol. The van der Waals surface area contributed by atoms with Crippen molar-refractivity contribution in [1.29, 1.82) is 0 Å². The Kier molecular flexibility index (Phi) is 11.4. The van der Waals surface area contributed by atoms with Gasteiger partial charge in [0.1, 0.15) is 23.1 Å². The maximum absolute atomic E-state index is 16.1. The summed E-state index contributed by atoms with van der Waals surface area (Å²) in [4.78, 5) is 43.6. The molecule has 296 valence electrons. The fourth-order valence-corrected chi connectivity index (χ4v) is 7.64. The number of benzene rings is 3. The fourth-order valence-electron chi connectivity index (χ4n) is 7.64. The minimum Gasteiger partial charge on any atom is -0.497 e. The standard InChI is InChI=1S/C43H48FN9O4/c1-4-49-17-19-50(20-18-49)41(54)32-9-14-38(37(44)25-32)53-16-15-36-39(47-43(48-40(36)53)51-21-23-57-24-22-51)33-26-45-42(46-27-33)52(28-30-5-10-34(55-2)11-6-30)29-31-7-12-35(56-3)13-8-31/h5-14,25-27H,4,15-24,28-29H2,1-3H3. The third kappa shape index (κ3) is 8.33. The van der Waals surface area contributed by atoms with Crippen LogP contribution in [0.5, 0.6) is 11.5 Å². The normalized spacial score (nSPS) is 15.8. The Balaban J connectivity index is 1.10. The molecule has 1 amide bonds. The highest BCUT2D eigenvalue weighted by Gasteiger charge is 2.31. The number of methoxy groups -OCH3 is 2. The van der Waals surface area contributed by atoms with Gasteiger partial charge in [-0.3, -0.25) is 4.79 Å². The average Bonchev–Trinajstić information content (AvgIpc) is 3.70. The number of fused-ring (bicyclic) bond motifs is 1. The Hall–Kier alpha value is -5.86. The molecule has 0 aliphatic carbocycles. The second-order valence-corrected chi connectivity index (χ2v) is 14.4. The van der Waals surface area contributed by atoms with Crippen LogP contribution in [0.25, 0.3) is 11.3 Å². The lowest BCUT2D eigenvalue weighted by Crippen LogP contribution is -2.48. The molecule has 0 spiro atoms. The monoisotopic (exact) mass is 773 g/mol. The molecule has 0 atom stereocenters. The number of likely N-dealkylation sites (N-methyl/N-ethyl adjacent to an activating group) is 1. The molecule has 2 saturated heterocycles. The van der Waals surface area contributed by atoms with E-state index in [1.165, 1.54) is 6.07 Å². The molecule has 5 heterocycles. The van der Waals surface area contributed by atoms with E-state index in [0.717, 1.165) is 53.4 Å². The number of hydrogen-bond acceptors (Lipinski definition) is 12. The lowest BCUT2D eigenvalue weighted by molar-refractivity contribution is 0.0643. The lowest BCUT2D eigenvalue weighted by Gasteiger charge is -2.34. The van der Waals surface area contributed by atoms with E-state index in [0.29, 0.717) is 100 Å². The number of rotatable bonds is 12. The molecule has 8 rings (SSSR count). The number of anilines is 4. The second kappa shape index (κ2) is 17.1. The van der Waals surface area contributed by atoms with Gasteiger partial charge in [-0.2, -0.15) is 4.98 Å². The zero-order chi connectivity index (χ0) is 39.3. The van der Waals surface area contributed by atoms with E-state index in [-0.39, 0.29) is 5.91 Å². The van der Waals surface area contributed by atoms with Crippen LogP contribution in [0.3, 0.4) is 0 Å². The zero-order valence-corrected chi connectivity index (χ0v) is 32.7. The van der Waals surface area contributed by atoms with Gasteiger partial charge in [-0.05, 0) is 66.6 Å². The molecule has 3 aliphatic rings. The predicted molar refractivity (Wildman–Crippen MR) is 217 cm³/mol. The number of ether oxygens (including phenoxy) is 3. The first kappa shape index (κ1) is 38.0. The quantitative estimate of drug-likeness (QED) is 0.157. The molecule has 2 aromatic heterocycles. The summed E-state index contributed by atoms with van der Waals surface area (Å²) in [6, 6.07) is 20.8. The Morgan fingerprint density at radius 1 is 0.807 bits per heavy atom. The molecule has 5 aromatic rings. The Morgan fingerprint density at radius 3 is 2.02 bits per heavy atom. The van der Waals surface area contributed by atoms with Crippen molar-refractivity contribution < 1.29 is 23.4 Å². The van der Waals surface area contributed by atoms with Crippen LogP contribution in [0, 0.1) is 5.82 Å². The van der Waals surface area contributed by atoms with Crippen LogP contribution in [0.15, 0.2) is 79.1 Å². The molecule has 3 aromatic carbocycles. The largest absolute Gasteiger partial charge is 0.497 e. The molecular formula is C43H48FN9O4. The minimum atomic E-state index is -0.463. The molecule has 3 aliphatic heterocycles. The summed E-state index contributed by atoms with van der Waals surface area (Å²) in [6.45, 7) is 10.0. The van der Waals surface area contributed by atoms with Crippen LogP contribution in [-0.4, -0.2) is 115 Å². The van der Waals surface area contributed by atoms with E-state index < -0.39 is 5.82 Å². The summed E-state index contributed by atoms with van der Waals surface area (Å²) < 4.78 is 32.5. The number of morpholine rings is 1. The van der Waals surface area contributed by atoms with Crippen molar-refractivity contribution in [2.45, 2.75) is 26.4 Å². The van der Waals surface area contributed by atoms with Crippen molar-refractivity contribution in [2.75, 3.05) is 94.5 Å². The van der Waals surface area contributed by atoms with Gasteiger partial charge in [-0.25, -0.2) is 19.3 Å². The highest BCUT2D eigenvalue weighted by Crippen LogP contribution is 2.40. The number of aromatic nitrogens is 4. The van der Waals surface area contributed by atoms with Crippen molar-refractivity contribution in [1.82, 2.24) is 29.7 Å². The van der Waals surface area contributed by atoms with Crippen molar-refractivity contribution in [3.8, 4) is 22.8 Å². The van der Waals surface area contributed by atoms with Crippen molar-refractivity contribution in [3.05, 3.63) is 107 Å². The predicted octanol–water partition coefficient (Wildman–Crippen LogP) is 5.61. The molecule has 0 bridgehead atoms. The minimum absolute atomic E-state index is 0.146. The van der Waals surface area contributed by atoms with Gasteiger partial charge in [0.25, 0.3) is 5.91 Å². The van der Waals surface area contributed by atoms with Crippen LogP contribution < -0.4 is 24.2 Å². The number of carbonyl (C=O) groups is 1. The smallest absolute Gasteiger partial charge is 0.254 e. The first-order valence-electron chi connectivity index (χ1n) is 19.6. The van der Waals surface area contributed by atoms with Gasteiger partial charge in [0, 0.05) is 88.0 Å². The Morgan fingerprint density at radius 2 is 1.44 bits per heavy atom. The van der Waals surface area contributed by atoms with Gasteiger partial charge in [0.05, 0.1) is 38.8 Å². The molecule has 57 heavy (non-hydrogen) atoms. The van der Waals surface area contributed by atoms with Crippen LogP contribution in [0.2, 0.25) is 0 Å². The Bertz CT molecular complexity index is 2110. The first-order valence-corrected chi connectivity index (χ1v) is 19.6. The molecule has 14 heteroatoms. The van der Waals surface area contributed by atoms with Gasteiger partial charge >= 0.3 is 0 Å². The number of carbonyl (C=O) groups excluding carboxylic acids is 1. The van der Waals surface area contributed by atoms with Crippen molar-refractivity contribution >= 4 is 29.3 Å². The molecule has 13 nitrogen and oxygen atoms in total. The second-order valence-electron chi connectivity index (χ2n) is 14.4. The summed E-state index contributed by atoms with van der Waals surface area (Å²) in [5, 5.41) is 0. The third-order valence-electron chi connectivity index (χ3n) is 11.0. The van der Waals surface area contributed by atoms with Crippen LogP contribution in [-0.2, 0) is 24.2 Å². The van der Waals surface area contributed by atoms with E-state index in [1.807, 2.05) is 70.7 Å². The van der Waals surface area contributed by atoms with Crippen LogP contribution in [0.4, 0.5) is 27.8 Å². The van der Waals surface area contributed by atoms with E-state index in [1.54, 1.807) is 26.4 Å². The third-order valence-corrected chi connectivity index (χ3v) is 11.0. The summed E-state index contributed by atoms with van der Waals surface area (Å²) >= 11 is 0. The van der Waals surface area contributed by atoms with E-state index >= 15 is 4.39 Å². The van der Waals surface area contributed by atoms with Gasteiger partial charge in [0.15, 0.2) is 0 Å². The molecule has 0 saturated carbocycles. The fraction of sp³-hybridized carbons (Fsp3) is 0.372. The van der Waals surface area contributed by atoms with E-state index in [9.17, 15) is 4.79 Å². The summed E-state index contributed by atoms with van der Waals surface area (Å²) in [5.41, 5.74) is 5.24. The topological polar surface area (TPSA) is 113 Å². The summed E-state index contributed by atoms with van der Waals surface area (Å²) in [5.74, 6) is 2.72. The highest BCUT2D eigenvalue weighted by molar-refractivity contribution is 5.95. The van der Waals surface area contributed by atoms with E-state index in [2.05, 4.69) is 21.6 Å². The summed E-state index contributed by atoms with van der Waals surface area (Å²) in [6.07, 6.45) is 4.22. The van der Waals surface area contributed by atoms with Crippen LogP contribution >= 0.6 is 0 Å². The maximum Gasteiger partial charge on any atom is 0.254 e. The van der Waals surface area contributed by atoms with Crippen molar-refractivity contribution in [2.24, 2.45) is 0 Å². The number of nitrogens with zero attached hydrogens (tertiary/aromatic N) is 9. The molecule has 2 fully saturated rings.